The van der Waals surface area contributed by atoms with E-state index in [1.807, 2.05) is 11.6 Å². The van der Waals surface area contributed by atoms with Gasteiger partial charge in [0.15, 0.2) is 11.5 Å². The van der Waals surface area contributed by atoms with Crippen LogP contribution in [0.1, 0.15) is 48.4 Å². The molecule has 0 bridgehead atoms. The quantitative estimate of drug-likeness (QED) is 0.544. The molecule has 33 heavy (non-hydrogen) atoms. The van der Waals surface area contributed by atoms with Crippen molar-refractivity contribution in [3.63, 3.8) is 0 Å². The maximum atomic E-state index is 12.8. The lowest BCUT2D eigenvalue weighted by atomic mass is 9.83. The molecule has 3 aromatic rings. The van der Waals surface area contributed by atoms with Crippen molar-refractivity contribution >= 4 is 11.8 Å². The van der Waals surface area contributed by atoms with Crippen LogP contribution in [-0.4, -0.2) is 39.4 Å². The number of hydrogen-bond donors (Lipinski definition) is 2. The molecule has 3 heterocycles. The third-order valence-electron chi connectivity index (χ3n) is 6.06. The maximum absolute atomic E-state index is 12.8. The highest BCUT2D eigenvalue weighted by atomic mass is 16.5. The highest BCUT2D eigenvalue weighted by molar-refractivity contribution is 5.96. The van der Waals surface area contributed by atoms with Gasteiger partial charge in [-0.3, -0.25) is 9.59 Å². The van der Waals surface area contributed by atoms with E-state index in [1.165, 1.54) is 6.42 Å². The number of carbonyl (C=O) groups excluding carboxylic acids is 2. The van der Waals surface area contributed by atoms with Crippen molar-refractivity contribution in [1.29, 1.82) is 0 Å². The van der Waals surface area contributed by atoms with Crippen molar-refractivity contribution in [3.8, 4) is 17.2 Å². The van der Waals surface area contributed by atoms with Crippen LogP contribution in [0.2, 0.25) is 0 Å². The van der Waals surface area contributed by atoms with Gasteiger partial charge in [-0.2, -0.15) is 0 Å². The number of ether oxygens (including phenoxy) is 1. The maximum Gasteiger partial charge on any atom is 0.287 e. The molecule has 1 atom stereocenters. The van der Waals surface area contributed by atoms with Crippen LogP contribution >= 0.6 is 0 Å². The number of furan rings is 1. The Labute approximate surface area is 192 Å². The van der Waals surface area contributed by atoms with E-state index in [-0.39, 0.29) is 17.6 Å². The van der Waals surface area contributed by atoms with Gasteiger partial charge >= 0.3 is 0 Å². The van der Waals surface area contributed by atoms with Crippen molar-refractivity contribution in [3.05, 3.63) is 54.4 Å². The average Bonchev–Trinajstić information content (AvgIpc) is 3.51. The smallest absolute Gasteiger partial charge is 0.287 e. The van der Waals surface area contributed by atoms with Crippen molar-refractivity contribution in [2.24, 2.45) is 13.0 Å². The van der Waals surface area contributed by atoms with Crippen molar-refractivity contribution < 1.29 is 18.7 Å². The van der Waals surface area contributed by atoms with E-state index in [2.05, 4.69) is 20.6 Å². The second kappa shape index (κ2) is 10.3. The molecule has 4 rings (SSSR count). The van der Waals surface area contributed by atoms with Gasteiger partial charge in [0.1, 0.15) is 24.1 Å². The van der Waals surface area contributed by atoms with Gasteiger partial charge in [-0.15, -0.1) is 0 Å². The molecule has 3 aromatic heterocycles. The zero-order valence-corrected chi connectivity index (χ0v) is 18.9. The number of aryl methyl sites for hydroxylation is 1. The molecule has 1 fully saturated rings. The average molecular weight is 452 g/mol. The SMILES string of the molecule is CNC(=O)[C@@H](NC(=O)c1ccc(-c2ccc(OCc3cncn3C)cn2)o1)C1CCCCC1. The lowest BCUT2D eigenvalue weighted by Crippen LogP contribution is -2.50. The minimum absolute atomic E-state index is 0.137. The van der Waals surface area contributed by atoms with Crippen molar-refractivity contribution in [2.75, 3.05) is 7.05 Å². The summed E-state index contributed by atoms with van der Waals surface area (Å²) < 4.78 is 13.4. The first kappa shape index (κ1) is 22.6. The Morgan fingerprint density at radius 1 is 1.18 bits per heavy atom. The summed E-state index contributed by atoms with van der Waals surface area (Å²) in [5.74, 6) is 0.783. The first-order valence-corrected chi connectivity index (χ1v) is 11.2. The fourth-order valence-electron chi connectivity index (χ4n) is 4.12. The van der Waals surface area contributed by atoms with Crippen LogP contribution in [0.15, 0.2) is 47.4 Å². The number of pyridine rings is 1. The van der Waals surface area contributed by atoms with Crippen LogP contribution in [0.3, 0.4) is 0 Å². The monoisotopic (exact) mass is 451 g/mol. The van der Waals surface area contributed by atoms with Crippen LogP contribution in [0, 0.1) is 5.92 Å². The number of aromatic nitrogens is 3. The largest absolute Gasteiger partial charge is 0.486 e. The van der Waals surface area contributed by atoms with Crippen molar-refractivity contribution in [1.82, 2.24) is 25.2 Å². The van der Waals surface area contributed by atoms with E-state index >= 15 is 0 Å². The molecule has 0 unspecified atom stereocenters. The van der Waals surface area contributed by atoms with Gasteiger partial charge < -0.3 is 24.4 Å². The molecule has 0 spiro atoms. The Morgan fingerprint density at radius 2 is 2.00 bits per heavy atom. The zero-order valence-electron chi connectivity index (χ0n) is 18.9. The van der Waals surface area contributed by atoms with Gasteiger partial charge in [0, 0.05) is 14.1 Å². The standard InChI is InChI=1S/C24H29N5O4/c1-25-24(31)22(16-6-4-3-5-7-16)28-23(30)21-11-10-20(33-21)19-9-8-18(13-27-19)32-14-17-12-26-15-29(17)2/h8-13,15-16,22H,3-7,14H2,1-2H3,(H,25,31)(H,28,30)/t22-/m0/s1. The highest BCUT2D eigenvalue weighted by Crippen LogP contribution is 2.27. The fraction of sp³-hybridized carbons (Fsp3) is 0.417. The topological polar surface area (TPSA) is 111 Å². The van der Waals surface area contributed by atoms with Gasteiger partial charge in [0.05, 0.1) is 24.4 Å². The Kier molecular flexibility index (Phi) is 7.07. The Balaban J connectivity index is 1.39. The summed E-state index contributed by atoms with van der Waals surface area (Å²) in [6, 6.07) is 6.30. The minimum Gasteiger partial charge on any atom is -0.486 e. The molecule has 0 aromatic carbocycles. The van der Waals surface area contributed by atoms with Crippen molar-refractivity contribution in [2.45, 2.75) is 44.8 Å². The Hall–Kier alpha value is -3.62. The number of rotatable bonds is 8. The molecular formula is C24H29N5O4. The van der Waals surface area contributed by atoms with Gasteiger partial charge in [-0.05, 0) is 43.0 Å². The van der Waals surface area contributed by atoms with Crippen LogP contribution in [0.25, 0.3) is 11.5 Å². The molecule has 2 amide bonds. The molecule has 0 radical (unpaired) electrons. The highest BCUT2D eigenvalue weighted by Gasteiger charge is 2.31. The van der Waals surface area contributed by atoms with Crippen LogP contribution < -0.4 is 15.4 Å². The molecule has 1 aliphatic carbocycles. The second-order valence-electron chi connectivity index (χ2n) is 8.29. The third-order valence-corrected chi connectivity index (χ3v) is 6.06. The predicted molar refractivity (Wildman–Crippen MR) is 121 cm³/mol. The first-order valence-electron chi connectivity index (χ1n) is 11.2. The number of hydrogen-bond acceptors (Lipinski definition) is 6. The number of likely N-dealkylation sites (N-methyl/N-ethyl adjacent to an activating group) is 1. The summed E-state index contributed by atoms with van der Waals surface area (Å²) in [6.45, 7) is 0.385. The molecule has 0 saturated heterocycles. The number of nitrogens with zero attached hydrogens (tertiary/aromatic N) is 3. The summed E-state index contributed by atoms with van der Waals surface area (Å²) in [7, 11) is 3.49. The van der Waals surface area contributed by atoms with Crippen LogP contribution in [0.4, 0.5) is 0 Å². The molecule has 1 aliphatic rings. The zero-order chi connectivity index (χ0) is 23.2. The molecule has 174 valence electrons. The van der Waals surface area contributed by atoms with Crippen LogP contribution in [0.5, 0.6) is 5.75 Å². The lowest BCUT2D eigenvalue weighted by Gasteiger charge is -2.29. The molecule has 9 nitrogen and oxygen atoms in total. The third kappa shape index (κ3) is 5.42. The molecule has 1 saturated carbocycles. The van der Waals surface area contributed by atoms with Crippen LogP contribution in [-0.2, 0) is 18.4 Å². The molecular weight excluding hydrogens is 422 g/mol. The first-order chi connectivity index (χ1) is 16.0. The van der Waals surface area contributed by atoms with E-state index < -0.39 is 11.9 Å². The number of carbonyl (C=O) groups is 2. The summed E-state index contributed by atoms with van der Waals surface area (Å²) in [6.07, 6.45) is 10.3. The van der Waals surface area contributed by atoms with E-state index in [4.69, 9.17) is 9.15 Å². The number of imidazole rings is 1. The van der Waals surface area contributed by atoms with Gasteiger partial charge in [0.25, 0.3) is 5.91 Å². The molecule has 2 N–H and O–H groups in total. The minimum atomic E-state index is -0.565. The summed E-state index contributed by atoms with van der Waals surface area (Å²) in [5, 5.41) is 5.54. The number of nitrogens with one attached hydrogen (secondary N) is 2. The lowest BCUT2D eigenvalue weighted by molar-refractivity contribution is -0.124. The summed E-state index contributed by atoms with van der Waals surface area (Å²) in [5.41, 5.74) is 1.53. The fourth-order valence-corrected chi connectivity index (χ4v) is 4.12. The predicted octanol–water partition coefficient (Wildman–Crippen LogP) is 3.08. The van der Waals surface area contributed by atoms with E-state index in [1.54, 1.807) is 50.0 Å². The normalized spacial score (nSPS) is 15.1. The summed E-state index contributed by atoms with van der Waals surface area (Å²) in [4.78, 5) is 33.7. The van der Waals surface area contributed by atoms with E-state index in [9.17, 15) is 9.59 Å². The van der Waals surface area contributed by atoms with E-state index in [0.29, 0.717) is 23.8 Å². The molecule has 9 heteroatoms. The van der Waals surface area contributed by atoms with Gasteiger partial charge in [-0.1, -0.05) is 19.3 Å². The van der Waals surface area contributed by atoms with Gasteiger partial charge in [-0.25, -0.2) is 9.97 Å². The van der Waals surface area contributed by atoms with E-state index in [0.717, 1.165) is 31.4 Å². The molecule has 0 aliphatic heterocycles. The summed E-state index contributed by atoms with van der Waals surface area (Å²) >= 11 is 0. The Morgan fingerprint density at radius 3 is 2.67 bits per heavy atom. The Bertz CT molecular complexity index is 1080. The number of amides is 2. The van der Waals surface area contributed by atoms with Gasteiger partial charge in [0.2, 0.25) is 5.91 Å². The second-order valence-corrected chi connectivity index (χ2v) is 8.29.